The number of thiazole rings is 1. The number of carbonyl (C=O) groups is 1. The third-order valence-electron chi connectivity index (χ3n) is 4.56. The fourth-order valence-corrected chi connectivity index (χ4v) is 4.50. The normalized spacial score (nSPS) is 14.6. The summed E-state index contributed by atoms with van der Waals surface area (Å²) in [5.41, 5.74) is 4.92. The fraction of sp³-hybridized carbons (Fsp3) is 0.222. The second kappa shape index (κ2) is 7.52. The molecule has 0 radical (unpaired) electrons. The van der Waals surface area contributed by atoms with E-state index in [1.807, 2.05) is 17.0 Å². The van der Waals surface area contributed by atoms with Crippen LogP contribution in [-0.2, 0) is 0 Å². The van der Waals surface area contributed by atoms with E-state index in [4.69, 9.17) is 29.0 Å². The highest BCUT2D eigenvalue weighted by Gasteiger charge is 2.25. The van der Waals surface area contributed by atoms with Crippen molar-refractivity contribution in [2.24, 2.45) is 5.84 Å². The first-order valence-corrected chi connectivity index (χ1v) is 9.99. The lowest BCUT2D eigenvalue weighted by Gasteiger charge is -2.36. The zero-order valence-electron chi connectivity index (χ0n) is 14.3. The molecule has 0 unspecified atom stereocenters. The Morgan fingerprint density at radius 2 is 1.93 bits per heavy atom. The number of halogens is 2. The number of hydrogen-bond acceptors (Lipinski definition) is 6. The Bertz CT molecular complexity index is 1000. The molecule has 0 aliphatic carbocycles. The van der Waals surface area contributed by atoms with Crippen molar-refractivity contribution in [2.75, 3.05) is 36.5 Å². The molecule has 0 spiro atoms. The first kappa shape index (κ1) is 18.3. The second-order valence-corrected chi connectivity index (χ2v) is 8.07. The first-order chi connectivity index (χ1) is 13.1. The van der Waals surface area contributed by atoms with E-state index in [-0.39, 0.29) is 5.91 Å². The molecule has 1 saturated heterocycles. The summed E-state index contributed by atoms with van der Waals surface area (Å²) < 4.78 is 1.01. The van der Waals surface area contributed by atoms with Gasteiger partial charge in [0.15, 0.2) is 5.13 Å². The van der Waals surface area contributed by atoms with Crippen LogP contribution < -0.4 is 16.2 Å². The highest BCUT2D eigenvalue weighted by molar-refractivity contribution is 7.22. The molecule has 1 fully saturated rings. The van der Waals surface area contributed by atoms with Crippen molar-refractivity contribution < 1.29 is 4.79 Å². The van der Waals surface area contributed by atoms with E-state index in [1.54, 1.807) is 24.3 Å². The summed E-state index contributed by atoms with van der Waals surface area (Å²) in [7, 11) is 0. The second-order valence-electron chi connectivity index (χ2n) is 6.20. The van der Waals surface area contributed by atoms with Crippen LogP contribution in [-0.4, -0.2) is 42.0 Å². The Morgan fingerprint density at radius 1 is 1.15 bits per heavy atom. The van der Waals surface area contributed by atoms with Crippen molar-refractivity contribution in [3.05, 3.63) is 52.0 Å². The zero-order chi connectivity index (χ0) is 19.0. The summed E-state index contributed by atoms with van der Waals surface area (Å²) in [5.74, 6) is 5.49. The van der Waals surface area contributed by atoms with E-state index >= 15 is 0 Å². The Hall–Kier alpha value is -2.06. The standard InChI is InChI=1S/C18H17Cl2N5OS/c19-12-3-1-2-11(10-12)17(26)25-8-6-24(7-9-25)16-13(20)4-5-14-15(16)22-18(23-21)27-14/h1-5,10H,6-9,21H2,(H,22,23). The van der Waals surface area contributed by atoms with Crippen LogP contribution in [0.25, 0.3) is 10.2 Å². The Kier molecular flexibility index (Phi) is 5.10. The minimum atomic E-state index is -0.00951. The van der Waals surface area contributed by atoms with Gasteiger partial charge in [0.2, 0.25) is 0 Å². The molecule has 3 N–H and O–H groups in total. The summed E-state index contributed by atoms with van der Waals surface area (Å²) in [5, 5.41) is 1.85. The van der Waals surface area contributed by atoms with Gasteiger partial charge in [-0.3, -0.25) is 10.2 Å². The van der Waals surface area contributed by atoms with E-state index in [0.29, 0.717) is 46.9 Å². The van der Waals surface area contributed by atoms with Gasteiger partial charge in [-0.25, -0.2) is 10.8 Å². The number of nitrogens with one attached hydrogen (secondary N) is 1. The molecule has 9 heteroatoms. The van der Waals surface area contributed by atoms with Crippen LogP contribution in [0.3, 0.4) is 0 Å². The van der Waals surface area contributed by atoms with Gasteiger partial charge < -0.3 is 9.80 Å². The van der Waals surface area contributed by atoms with Crippen molar-refractivity contribution >= 4 is 61.5 Å². The number of hydrazine groups is 1. The number of anilines is 2. The molecule has 4 rings (SSSR count). The number of aromatic nitrogens is 1. The molecule has 1 aliphatic rings. The molecule has 1 amide bonds. The maximum absolute atomic E-state index is 12.7. The van der Waals surface area contributed by atoms with E-state index in [0.717, 1.165) is 15.9 Å². The van der Waals surface area contributed by atoms with Gasteiger partial charge in [0.25, 0.3) is 5.91 Å². The van der Waals surface area contributed by atoms with Gasteiger partial charge in [-0.1, -0.05) is 40.6 Å². The number of benzene rings is 2. The Balaban J connectivity index is 1.54. The van der Waals surface area contributed by atoms with E-state index < -0.39 is 0 Å². The quantitative estimate of drug-likeness (QED) is 0.496. The molecule has 3 aromatic rings. The van der Waals surface area contributed by atoms with Crippen LogP contribution in [0.4, 0.5) is 10.8 Å². The van der Waals surface area contributed by atoms with E-state index in [9.17, 15) is 4.79 Å². The summed E-state index contributed by atoms with van der Waals surface area (Å²) in [6.45, 7) is 2.55. The number of rotatable bonds is 3. The molecular formula is C18H17Cl2N5OS. The molecule has 27 heavy (non-hydrogen) atoms. The molecule has 140 valence electrons. The van der Waals surface area contributed by atoms with Gasteiger partial charge in [-0.2, -0.15) is 0 Å². The number of nitrogens with two attached hydrogens (primary N) is 1. The van der Waals surface area contributed by atoms with Crippen molar-refractivity contribution in [2.45, 2.75) is 0 Å². The first-order valence-electron chi connectivity index (χ1n) is 8.42. The number of carbonyl (C=O) groups excluding carboxylic acids is 1. The van der Waals surface area contributed by atoms with Crippen molar-refractivity contribution in [1.82, 2.24) is 9.88 Å². The average molecular weight is 422 g/mol. The molecule has 2 aromatic carbocycles. The van der Waals surface area contributed by atoms with Gasteiger partial charge >= 0.3 is 0 Å². The minimum absolute atomic E-state index is 0.00951. The average Bonchev–Trinajstić information content (AvgIpc) is 3.11. The SMILES string of the molecule is NNc1nc2c(N3CCN(C(=O)c4cccc(Cl)c4)CC3)c(Cl)ccc2s1. The van der Waals surface area contributed by atoms with E-state index in [2.05, 4.69) is 15.3 Å². The zero-order valence-corrected chi connectivity index (χ0v) is 16.6. The maximum Gasteiger partial charge on any atom is 0.254 e. The number of nitrogens with zero attached hydrogens (tertiary/aromatic N) is 3. The minimum Gasteiger partial charge on any atom is -0.365 e. The van der Waals surface area contributed by atoms with Crippen molar-refractivity contribution in [3.8, 4) is 0 Å². The fourth-order valence-electron chi connectivity index (χ4n) is 3.26. The monoisotopic (exact) mass is 421 g/mol. The van der Waals surface area contributed by atoms with Crippen LogP contribution in [0, 0.1) is 0 Å². The number of nitrogen functional groups attached to an aromatic ring is 1. The molecular weight excluding hydrogens is 405 g/mol. The maximum atomic E-state index is 12.7. The molecule has 2 heterocycles. The largest absolute Gasteiger partial charge is 0.365 e. The Labute approximate surface area is 170 Å². The van der Waals surface area contributed by atoms with Crippen LogP contribution >= 0.6 is 34.5 Å². The molecule has 0 atom stereocenters. The molecule has 0 bridgehead atoms. The third kappa shape index (κ3) is 3.55. The lowest BCUT2D eigenvalue weighted by molar-refractivity contribution is 0.0747. The van der Waals surface area contributed by atoms with Crippen molar-refractivity contribution in [1.29, 1.82) is 0 Å². The smallest absolute Gasteiger partial charge is 0.254 e. The van der Waals surface area contributed by atoms with Gasteiger partial charge in [-0.15, -0.1) is 0 Å². The topological polar surface area (TPSA) is 74.5 Å². The van der Waals surface area contributed by atoms with Gasteiger partial charge in [-0.05, 0) is 30.3 Å². The van der Waals surface area contributed by atoms with Crippen LogP contribution in [0.1, 0.15) is 10.4 Å². The predicted octanol–water partition coefficient (Wildman–Crippen LogP) is 3.85. The summed E-state index contributed by atoms with van der Waals surface area (Å²) in [4.78, 5) is 21.3. The molecule has 1 aromatic heterocycles. The lowest BCUT2D eigenvalue weighted by atomic mass is 10.1. The Morgan fingerprint density at radius 3 is 2.63 bits per heavy atom. The predicted molar refractivity (Wildman–Crippen MR) is 112 cm³/mol. The number of fused-ring (bicyclic) bond motifs is 1. The van der Waals surface area contributed by atoms with Crippen LogP contribution in [0.15, 0.2) is 36.4 Å². The molecule has 0 saturated carbocycles. The highest BCUT2D eigenvalue weighted by atomic mass is 35.5. The number of piperazine rings is 1. The third-order valence-corrected chi connectivity index (χ3v) is 6.06. The van der Waals surface area contributed by atoms with Gasteiger partial charge in [0, 0.05) is 36.8 Å². The van der Waals surface area contributed by atoms with Crippen molar-refractivity contribution in [3.63, 3.8) is 0 Å². The van der Waals surface area contributed by atoms with Crippen LogP contribution in [0.5, 0.6) is 0 Å². The summed E-state index contributed by atoms with van der Waals surface area (Å²) in [6, 6.07) is 10.9. The summed E-state index contributed by atoms with van der Waals surface area (Å²) in [6.07, 6.45) is 0. The number of amides is 1. The van der Waals surface area contributed by atoms with Crippen LogP contribution in [0.2, 0.25) is 10.0 Å². The number of hydrogen-bond donors (Lipinski definition) is 2. The van der Waals surface area contributed by atoms with Gasteiger partial charge in [0.1, 0.15) is 5.52 Å². The summed E-state index contributed by atoms with van der Waals surface area (Å²) >= 11 is 14.0. The molecule has 1 aliphatic heterocycles. The van der Waals surface area contributed by atoms with E-state index in [1.165, 1.54) is 11.3 Å². The van der Waals surface area contributed by atoms with Gasteiger partial charge in [0.05, 0.1) is 15.4 Å². The lowest BCUT2D eigenvalue weighted by Crippen LogP contribution is -2.49. The molecule has 6 nitrogen and oxygen atoms in total. The highest BCUT2D eigenvalue weighted by Crippen LogP contribution is 2.38.